The van der Waals surface area contributed by atoms with Crippen LogP contribution >= 0.6 is 16.1 Å². The molecule has 0 spiro atoms. The summed E-state index contributed by atoms with van der Waals surface area (Å²) in [5.41, 5.74) is 6.30. The lowest BCUT2D eigenvalue weighted by Crippen LogP contribution is -2.36. The van der Waals surface area contributed by atoms with Gasteiger partial charge in [-0.2, -0.15) is 4.98 Å². The fourth-order valence-electron chi connectivity index (χ4n) is 5.25. The number of rotatable bonds is 10. The van der Waals surface area contributed by atoms with Gasteiger partial charge in [-0.25, -0.2) is 19.5 Å². The van der Waals surface area contributed by atoms with E-state index in [9.17, 15) is 39.0 Å². The maximum Gasteiger partial charge on any atom is 0.695 e. The Labute approximate surface area is 251 Å². The van der Waals surface area contributed by atoms with Crippen molar-refractivity contribution in [2.75, 3.05) is 18.9 Å². The molecule has 4 aromatic rings. The standard InChI is InChI=1S/C22H26N8O13P2/c1-8-2-3-24-17-11(8)25-6-29(17)20-14(33)15(42-44(35)36)10(41-20)5-39-45(37,38)43-16-13(32)9(4-31)40-21(16)30-7-26-12-18(30)27-22(23)28-19(12)34/h2-3,6-7,9-10,13-16,20-21,31-33H,4-5H2,1H3,(H4-,23,27,28,34,35,36,37,38)/p+1/t9-,10-,13-,14-,15-,16-,20-,21-/m1/s1. The number of pyridine rings is 1. The van der Waals surface area contributed by atoms with Crippen LogP contribution in [0.1, 0.15) is 18.0 Å². The summed E-state index contributed by atoms with van der Waals surface area (Å²) in [6, 6.07) is 1.73. The quantitative estimate of drug-likeness (QED) is 0.0942. The van der Waals surface area contributed by atoms with Crippen molar-refractivity contribution in [2.45, 2.75) is 56.0 Å². The molecule has 242 valence electrons. The van der Waals surface area contributed by atoms with Crippen molar-refractivity contribution in [1.29, 1.82) is 0 Å². The zero-order valence-electron chi connectivity index (χ0n) is 23.0. The summed E-state index contributed by atoms with van der Waals surface area (Å²) in [5.74, 6) is -0.270. The second-order valence-electron chi connectivity index (χ2n) is 10.2. The average molecular weight is 673 g/mol. The topological polar surface area (TPSA) is 302 Å². The number of aliphatic hydroxyl groups is 3. The van der Waals surface area contributed by atoms with Crippen LogP contribution in [0.3, 0.4) is 0 Å². The number of aromatic amines is 1. The summed E-state index contributed by atoms with van der Waals surface area (Å²) in [6.07, 6.45) is -7.93. The lowest BCUT2D eigenvalue weighted by molar-refractivity contribution is -0.0609. The predicted octanol–water partition coefficient (Wildman–Crippen LogP) is -1.50. The van der Waals surface area contributed by atoms with Gasteiger partial charge in [0.25, 0.3) is 5.56 Å². The van der Waals surface area contributed by atoms with Crippen LogP contribution in [0.5, 0.6) is 0 Å². The first-order valence-corrected chi connectivity index (χ1v) is 15.8. The van der Waals surface area contributed by atoms with E-state index < -0.39 is 83.9 Å². The highest BCUT2D eigenvalue weighted by Gasteiger charge is 2.53. The second kappa shape index (κ2) is 12.1. The number of imidazole rings is 2. The first-order chi connectivity index (χ1) is 21.4. The van der Waals surface area contributed by atoms with Gasteiger partial charge in [-0.05, 0) is 18.6 Å². The van der Waals surface area contributed by atoms with Gasteiger partial charge in [-0.1, -0.05) is 0 Å². The van der Waals surface area contributed by atoms with Gasteiger partial charge in [0.15, 0.2) is 35.4 Å². The molecule has 21 nitrogen and oxygen atoms in total. The number of nitrogens with two attached hydrogens (primary N) is 1. The lowest BCUT2D eigenvalue weighted by Gasteiger charge is -2.24. The zero-order valence-corrected chi connectivity index (χ0v) is 24.8. The molecule has 6 heterocycles. The minimum Gasteiger partial charge on any atom is -0.394 e. The number of hydrogen-bond donors (Lipinski definition) is 7. The van der Waals surface area contributed by atoms with Crippen molar-refractivity contribution in [3.63, 3.8) is 0 Å². The van der Waals surface area contributed by atoms with Crippen molar-refractivity contribution in [2.24, 2.45) is 0 Å². The number of H-pyrrole nitrogens is 1. The van der Waals surface area contributed by atoms with Crippen LogP contribution in [0, 0.1) is 6.92 Å². The van der Waals surface area contributed by atoms with Crippen molar-refractivity contribution < 1.29 is 57.3 Å². The van der Waals surface area contributed by atoms with E-state index in [0.29, 0.717) is 11.2 Å². The van der Waals surface area contributed by atoms with Crippen LogP contribution in [0.15, 0.2) is 29.7 Å². The van der Waals surface area contributed by atoms with E-state index in [1.54, 1.807) is 13.0 Å². The first-order valence-electron chi connectivity index (χ1n) is 13.2. The molecule has 2 aliphatic heterocycles. The first kappa shape index (κ1) is 31.7. The number of hydrogen-bond acceptors (Lipinski definition) is 16. The maximum absolute atomic E-state index is 13.2. The van der Waals surface area contributed by atoms with Crippen LogP contribution in [-0.4, -0.2) is 109 Å². The number of aromatic nitrogens is 7. The van der Waals surface area contributed by atoms with Crippen molar-refractivity contribution >= 4 is 44.4 Å². The third kappa shape index (κ3) is 5.89. The van der Waals surface area contributed by atoms with Crippen LogP contribution in [0.2, 0.25) is 0 Å². The molecule has 0 aromatic carbocycles. The summed E-state index contributed by atoms with van der Waals surface area (Å²) in [5, 5.41) is 31.4. The number of nitrogen functional groups attached to an aromatic ring is 1. The molecule has 8 N–H and O–H groups in total. The predicted molar refractivity (Wildman–Crippen MR) is 147 cm³/mol. The normalized spacial score (nSPS) is 30.3. The summed E-state index contributed by atoms with van der Waals surface area (Å²) in [7, 11) is -8.41. The monoisotopic (exact) mass is 673 g/mol. The minimum atomic E-state index is -5.15. The number of anilines is 1. The van der Waals surface area contributed by atoms with E-state index in [0.717, 1.165) is 16.5 Å². The van der Waals surface area contributed by atoms with Gasteiger partial charge in [-0.15, -0.1) is 9.42 Å². The summed E-state index contributed by atoms with van der Waals surface area (Å²) in [4.78, 5) is 51.0. The highest BCUT2D eigenvalue weighted by atomic mass is 31.2. The Bertz CT molecular complexity index is 1850. The number of nitrogens with one attached hydrogen (secondary N) is 1. The highest BCUT2D eigenvalue weighted by molar-refractivity contribution is 7.47. The van der Waals surface area contributed by atoms with E-state index in [2.05, 4.69) is 24.9 Å². The third-order valence-corrected chi connectivity index (χ3v) is 8.74. The van der Waals surface area contributed by atoms with Crippen molar-refractivity contribution in [3.05, 3.63) is 40.8 Å². The van der Waals surface area contributed by atoms with Gasteiger partial charge in [0.1, 0.15) is 36.0 Å². The van der Waals surface area contributed by atoms with Crippen LogP contribution in [-0.2, 0) is 32.2 Å². The van der Waals surface area contributed by atoms with Crippen molar-refractivity contribution in [3.8, 4) is 0 Å². The number of phosphoric ester groups is 1. The SMILES string of the molecule is Cc1ccnc2c1ncn2[C@@H]1O[C@H](COP(=O)(O)O[C@@H]2[C@H](O)[C@@H](CO)O[C@H]2n2cnc3c(=O)[nH]c(N)nc32)[C@@H](O[P+](=O)O)[C@H]1O. The Morgan fingerprint density at radius 1 is 1.07 bits per heavy atom. The van der Waals surface area contributed by atoms with Gasteiger partial charge in [0.05, 0.1) is 25.9 Å². The zero-order chi connectivity index (χ0) is 32.2. The maximum atomic E-state index is 13.2. The molecule has 0 aliphatic carbocycles. The molecule has 6 rings (SSSR count). The van der Waals surface area contributed by atoms with E-state index in [1.165, 1.54) is 17.1 Å². The molecule has 2 aliphatic rings. The number of aliphatic hydroxyl groups excluding tert-OH is 3. The largest absolute Gasteiger partial charge is 0.695 e. The van der Waals surface area contributed by atoms with E-state index in [4.69, 9.17) is 28.8 Å². The van der Waals surface area contributed by atoms with Gasteiger partial charge >= 0.3 is 16.1 Å². The molecule has 0 amide bonds. The Hall–Kier alpha value is -3.30. The van der Waals surface area contributed by atoms with E-state index >= 15 is 0 Å². The fourth-order valence-corrected chi connectivity index (χ4v) is 6.65. The molecule has 10 atom stereocenters. The van der Waals surface area contributed by atoms with Gasteiger partial charge in [-0.3, -0.25) is 28.0 Å². The van der Waals surface area contributed by atoms with Crippen molar-refractivity contribution in [1.82, 2.24) is 34.1 Å². The molecular formula is C22H27N8O13P2+. The van der Waals surface area contributed by atoms with Crippen LogP contribution < -0.4 is 11.3 Å². The number of aryl methyl sites for hydroxylation is 1. The molecule has 23 heteroatoms. The highest BCUT2D eigenvalue weighted by Crippen LogP contribution is 2.50. The Morgan fingerprint density at radius 2 is 1.76 bits per heavy atom. The van der Waals surface area contributed by atoms with Gasteiger partial charge < -0.3 is 35.4 Å². The Kier molecular flexibility index (Phi) is 8.54. The third-order valence-electron chi connectivity index (χ3n) is 7.33. The van der Waals surface area contributed by atoms with Crippen LogP contribution in [0.25, 0.3) is 22.3 Å². The van der Waals surface area contributed by atoms with Crippen LogP contribution in [0.4, 0.5) is 5.95 Å². The number of phosphoric acid groups is 1. The minimum absolute atomic E-state index is 0.108. The smallest absolute Gasteiger partial charge is 0.394 e. The molecule has 2 unspecified atom stereocenters. The summed E-state index contributed by atoms with van der Waals surface area (Å²) >= 11 is 0. The Balaban J connectivity index is 1.22. The fraction of sp³-hybridized carbons (Fsp3) is 0.500. The number of ether oxygens (including phenoxy) is 2. The molecule has 0 bridgehead atoms. The van der Waals surface area contributed by atoms with E-state index in [-0.39, 0.29) is 17.1 Å². The summed E-state index contributed by atoms with van der Waals surface area (Å²) in [6.45, 7) is 0.265. The molecule has 45 heavy (non-hydrogen) atoms. The van der Waals surface area contributed by atoms with E-state index in [1.807, 2.05) is 0 Å². The second-order valence-corrected chi connectivity index (χ2v) is 12.3. The molecule has 4 aromatic heterocycles. The summed E-state index contributed by atoms with van der Waals surface area (Å²) < 4.78 is 54.1. The molecule has 0 saturated carbocycles. The number of nitrogens with zero attached hydrogens (tertiary/aromatic N) is 6. The van der Waals surface area contributed by atoms with Gasteiger partial charge in [0.2, 0.25) is 5.95 Å². The number of fused-ring (bicyclic) bond motifs is 2. The molecule has 2 fully saturated rings. The Morgan fingerprint density at radius 3 is 2.47 bits per heavy atom. The lowest BCUT2D eigenvalue weighted by atomic mass is 10.1. The average Bonchev–Trinajstić information content (AvgIpc) is 3.73. The molecule has 2 saturated heterocycles. The van der Waals surface area contributed by atoms with Gasteiger partial charge in [0, 0.05) is 10.8 Å². The molecule has 0 radical (unpaired) electrons. The molecular weight excluding hydrogens is 646 g/mol.